The molecule has 0 bridgehead atoms. The molecule has 0 aliphatic rings. The fourth-order valence-electron chi connectivity index (χ4n) is 2.28. The molecule has 1 aromatic carbocycles. The van der Waals surface area contributed by atoms with E-state index in [0.717, 1.165) is 5.56 Å². The van der Waals surface area contributed by atoms with Gasteiger partial charge in [0.15, 0.2) is 5.82 Å². The van der Waals surface area contributed by atoms with E-state index in [9.17, 15) is 14.0 Å². The highest BCUT2D eigenvalue weighted by Crippen LogP contribution is 2.16. The molecule has 0 atom stereocenters. The average molecular weight is 348 g/mol. The maximum atomic E-state index is 13.6. The van der Waals surface area contributed by atoms with E-state index in [4.69, 9.17) is 4.52 Å². The molecular formula is C17H21FN4O3. The number of benzene rings is 1. The van der Waals surface area contributed by atoms with E-state index in [1.165, 1.54) is 11.0 Å². The van der Waals surface area contributed by atoms with Crippen LogP contribution in [0.5, 0.6) is 0 Å². The Morgan fingerprint density at radius 1 is 1.28 bits per heavy atom. The average Bonchev–Trinajstić information content (AvgIpc) is 2.99. The molecule has 0 fully saturated rings. The van der Waals surface area contributed by atoms with Crippen molar-refractivity contribution in [2.45, 2.75) is 40.2 Å². The number of nitrogens with zero attached hydrogens (tertiary/aromatic N) is 3. The number of amides is 2. The quantitative estimate of drug-likeness (QED) is 0.831. The van der Waals surface area contributed by atoms with Gasteiger partial charge in [0.2, 0.25) is 17.7 Å². The molecule has 0 radical (unpaired) electrons. The van der Waals surface area contributed by atoms with Gasteiger partial charge in [0.05, 0.1) is 12.2 Å². The lowest BCUT2D eigenvalue weighted by Gasteiger charge is -2.18. The highest BCUT2D eigenvalue weighted by atomic mass is 19.1. The van der Waals surface area contributed by atoms with Crippen molar-refractivity contribution >= 4 is 17.5 Å². The minimum absolute atomic E-state index is 0.0178. The second-order valence-electron chi connectivity index (χ2n) is 5.67. The van der Waals surface area contributed by atoms with Crippen LogP contribution in [-0.4, -0.2) is 33.4 Å². The number of halogens is 1. The van der Waals surface area contributed by atoms with E-state index >= 15 is 0 Å². The van der Waals surface area contributed by atoms with Crippen LogP contribution in [0.15, 0.2) is 22.7 Å². The topological polar surface area (TPSA) is 88.3 Å². The maximum absolute atomic E-state index is 13.6. The van der Waals surface area contributed by atoms with Crippen LogP contribution >= 0.6 is 0 Å². The molecule has 25 heavy (non-hydrogen) atoms. The van der Waals surface area contributed by atoms with Crippen molar-refractivity contribution in [3.05, 3.63) is 41.3 Å². The van der Waals surface area contributed by atoms with Gasteiger partial charge in [0.25, 0.3) is 0 Å². The van der Waals surface area contributed by atoms with E-state index in [2.05, 4.69) is 15.5 Å². The minimum atomic E-state index is -0.507. The second kappa shape index (κ2) is 8.36. The summed E-state index contributed by atoms with van der Waals surface area (Å²) in [6.07, 6.45) is -0.0159. The van der Waals surface area contributed by atoms with Crippen LogP contribution < -0.4 is 5.32 Å². The number of aryl methyl sites for hydroxylation is 2. The van der Waals surface area contributed by atoms with Gasteiger partial charge in [-0.05, 0) is 31.5 Å². The van der Waals surface area contributed by atoms with Gasteiger partial charge in [-0.3, -0.25) is 9.59 Å². The van der Waals surface area contributed by atoms with E-state index in [-0.39, 0.29) is 31.0 Å². The van der Waals surface area contributed by atoms with Gasteiger partial charge in [-0.15, -0.1) is 0 Å². The third-order valence-corrected chi connectivity index (χ3v) is 3.60. The van der Waals surface area contributed by atoms with Crippen LogP contribution in [0.3, 0.4) is 0 Å². The van der Waals surface area contributed by atoms with E-state index in [1.807, 2.05) is 6.92 Å². The summed E-state index contributed by atoms with van der Waals surface area (Å²) in [6, 6.07) is 4.46. The smallest absolute Gasteiger partial charge is 0.224 e. The molecule has 0 aliphatic carbocycles. The molecule has 1 heterocycles. The van der Waals surface area contributed by atoms with Crippen molar-refractivity contribution in [2.24, 2.45) is 0 Å². The molecule has 0 saturated heterocycles. The highest BCUT2D eigenvalue weighted by Gasteiger charge is 2.17. The van der Waals surface area contributed by atoms with E-state index in [0.29, 0.717) is 18.3 Å². The summed E-state index contributed by atoms with van der Waals surface area (Å²) in [4.78, 5) is 29.8. The first-order valence-electron chi connectivity index (χ1n) is 8.02. The molecule has 0 spiro atoms. The fraction of sp³-hybridized carbons (Fsp3) is 0.412. The number of carbonyl (C=O) groups is 2. The lowest BCUT2D eigenvalue weighted by Crippen LogP contribution is -2.31. The summed E-state index contributed by atoms with van der Waals surface area (Å²) >= 11 is 0. The number of rotatable bonds is 7. The largest absolute Gasteiger partial charge is 0.340 e. The Hall–Kier alpha value is -2.77. The fourth-order valence-corrected chi connectivity index (χ4v) is 2.28. The minimum Gasteiger partial charge on any atom is -0.340 e. The van der Waals surface area contributed by atoms with Crippen molar-refractivity contribution in [1.82, 2.24) is 15.0 Å². The monoisotopic (exact) mass is 348 g/mol. The van der Waals surface area contributed by atoms with E-state index < -0.39 is 11.7 Å². The van der Waals surface area contributed by atoms with Gasteiger partial charge < -0.3 is 14.7 Å². The predicted octanol–water partition coefficient (Wildman–Crippen LogP) is 2.59. The lowest BCUT2D eigenvalue weighted by atomic mass is 10.2. The summed E-state index contributed by atoms with van der Waals surface area (Å²) in [6.45, 7) is 5.98. The van der Waals surface area contributed by atoms with Gasteiger partial charge in [0.1, 0.15) is 5.82 Å². The van der Waals surface area contributed by atoms with Crippen molar-refractivity contribution in [3.8, 4) is 0 Å². The summed E-state index contributed by atoms with van der Waals surface area (Å²) in [7, 11) is 0. The predicted molar refractivity (Wildman–Crippen MR) is 89.1 cm³/mol. The number of aromatic nitrogens is 2. The molecule has 2 amide bonds. The Kier molecular flexibility index (Phi) is 6.21. The first-order chi connectivity index (χ1) is 11.9. The highest BCUT2D eigenvalue weighted by molar-refractivity contribution is 5.93. The summed E-state index contributed by atoms with van der Waals surface area (Å²) in [5, 5.41) is 6.25. The first kappa shape index (κ1) is 18.6. The van der Waals surface area contributed by atoms with E-state index in [1.54, 1.807) is 26.0 Å². The SMILES string of the molecule is CCN(Cc1noc(C)n1)C(=O)CCC(=O)Nc1cc(C)ccc1F. The normalized spacial score (nSPS) is 10.6. The molecule has 0 saturated carbocycles. The Bertz CT molecular complexity index is 760. The van der Waals surface area contributed by atoms with Crippen LogP contribution in [0.25, 0.3) is 0 Å². The summed E-state index contributed by atoms with van der Waals surface area (Å²) in [5.41, 5.74) is 0.951. The van der Waals surface area contributed by atoms with Crippen molar-refractivity contribution in [1.29, 1.82) is 0 Å². The van der Waals surface area contributed by atoms with Gasteiger partial charge in [-0.2, -0.15) is 4.98 Å². The third kappa shape index (κ3) is 5.37. The molecule has 2 aromatic rings. The zero-order valence-corrected chi connectivity index (χ0v) is 14.5. The van der Waals surface area contributed by atoms with Crippen LogP contribution in [0, 0.1) is 19.7 Å². The van der Waals surface area contributed by atoms with Crippen molar-refractivity contribution in [2.75, 3.05) is 11.9 Å². The van der Waals surface area contributed by atoms with Crippen LogP contribution in [0.4, 0.5) is 10.1 Å². The number of hydrogen-bond donors (Lipinski definition) is 1. The van der Waals surface area contributed by atoms with Crippen molar-refractivity contribution < 1.29 is 18.5 Å². The molecule has 1 aromatic heterocycles. The molecule has 0 aliphatic heterocycles. The standard InChI is InChI=1S/C17H21FN4O3/c1-4-22(10-15-19-12(3)25-21-15)17(24)8-7-16(23)20-14-9-11(2)5-6-13(14)18/h5-6,9H,4,7-8,10H2,1-3H3,(H,20,23). The summed E-state index contributed by atoms with van der Waals surface area (Å²) in [5.74, 6) is -0.279. The third-order valence-electron chi connectivity index (χ3n) is 3.60. The second-order valence-corrected chi connectivity index (χ2v) is 5.67. The Morgan fingerprint density at radius 2 is 2.04 bits per heavy atom. The molecule has 134 valence electrons. The molecule has 8 heteroatoms. The van der Waals surface area contributed by atoms with Crippen molar-refractivity contribution in [3.63, 3.8) is 0 Å². The number of anilines is 1. The number of nitrogens with one attached hydrogen (secondary N) is 1. The molecule has 1 N–H and O–H groups in total. The molecule has 2 rings (SSSR count). The number of carbonyl (C=O) groups excluding carboxylic acids is 2. The zero-order valence-electron chi connectivity index (χ0n) is 14.5. The van der Waals surface area contributed by atoms with Gasteiger partial charge in [-0.25, -0.2) is 4.39 Å². The number of hydrogen-bond acceptors (Lipinski definition) is 5. The summed E-state index contributed by atoms with van der Waals surface area (Å²) < 4.78 is 18.5. The molecule has 0 unspecified atom stereocenters. The van der Waals surface area contributed by atoms with Crippen LogP contribution in [-0.2, 0) is 16.1 Å². The Morgan fingerprint density at radius 3 is 2.68 bits per heavy atom. The molecule has 7 nitrogen and oxygen atoms in total. The lowest BCUT2D eigenvalue weighted by molar-refractivity contribution is -0.133. The Labute approximate surface area is 145 Å². The van der Waals surface area contributed by atoms with Gasteiger partial charge in [-0.1, -0.05) is 11.2 Å². The Balaban J connectivity index is 1.87. The molecular weight excluding hydrogens is 327 g/mol. The zero-order chi connectivity index (χ0) is 18.4. The van der Waals surface area contributed by atoms with Crippen LogP contribution in [0.1, 0.15) is 37.0 Å². The first-order valence-corrected chi connectivity index (χ1v) is 8.02. The maximum Gasteiger partial charge on any atom is 0.224 e. The van der Waals surface area contributed by atoms with Crippen LogP contribution in [0.2, 0.25) is 0 Å². The van der Waals surface area contributed by atoms with Gasteiger partial charge >= 0.3 is 0 Å². The van der Waals surface area contributed by atoms with Gasteiger partial charge in [0, 0.05) is 26.3 Å².